The third-order valence-electron chi connectivity index (χ3n) is 4.99. The lowest BCUT2D eigenvalue weighted by molar-refractivity contribution is -0.142. The summed E-state index contributed by atoms with van der Waals surface area (Å²) in [4.78, 5) is 39.8. The predicted octanol–water partition coefficient (Wildman–Crippen LogP) is 1.37. The van der Waals surface area contributed by atoms with E-state index in [1.807, 2.05) is 11.4 Å². The number of hydrogen-bond donors (Lipinski definition) is 2. The van der Waals surface area contributed by atoms with E-state index in [1.165, 1.54) is 0 Å². The van der Waals surface area contributed by atoms with Crippen LogP contribution >= 0.6 is 11.3 Å². The van der Waals surface area contributed by atoms with Gasteiger partial charge in [0, 0.05) is 38.0 Å². The maximum atomic E-state index is 12.2. The van der Waals surface area contributed by atoms with Gasteiger partial charge in [0.25, 0.3) is 0 Å². The Hall–Kier alpha value is -2.68. The van der Waals surface area contributed by atoms with Gasteiger partial charge in [0.2, 0.25) is 17.7 Å². The lowest BCUT2D eigenvalue weighted by Crippen LogP contribution is -2.48. The van der Waals surface area contributed by atoms with E-state index in [-0.39, 0.29) is 43.1 Å². The molecule has 27 heavy (non-hydrogen) atoms. The van der Waals surface area contributed by atoms with Crippen LogP contribution < -0.4 is 10.2 Å². The van der Waals surface area contributed by atoms with Crippen molar-refractivity contribution in [2.45, 2.75) is 31.7 Å². The van der Waals surface area contributed by atoms with E-state index < -0.39 is 0 Å². The molecule has 9 heteroatoms. The Kier molecular flexibility index (Phi) is 4.93. The van der Waals surface area contributed by atoms with E-state index in [0.29, 0.717) is 0 Å². The number of aromatic nitrogens is 2. The summed E-state index contributed by atoms with van der Waals surface area (Å²) in [6, 6.07) is 6.17. The fraction of sp³-hybridized carbons (Fsp3) is 0.444. The van der Waals surface area contributed by atoms with Crippen molar-refractivity contribution in [3.05, 3.63) is 23.6 Å². The van der Waals surface area contributed by atoms with Crippen molar-refractivity contribution in [1.29, 1.82) is 0 Å². The number of piperidine rings is 1. The van der Waals surface area contributed by atoms with E-state index in [0.717, 1.165) is 47.2 Å². The van der Waals surface area contributed by atoms with Crippen molar-refractivity contribution < 1.29 is 14.4 Å². The maximum Gasteiger partial charge on any atom is 0.240 e. The summed E-state index contributed by atoms with van der Waals surface area (Å²) in [5.74, 6) is 0.128. The van der Waals surface area contributed by atoms with E-state index in [2.05, 4.69) is 32.5 Å². The largest absolute Gasteiger partial charge is 0.355 e. The van der Waals surface area contributed by atoms with Gasteiger partial charge in [-0.25, -0.2) is 0 Å². The highest BCUT2D eigenvalue weighted by atomic mass is 32.1. The van der Waals surface area contributed by atoms with Gasteiger partial charge in [-0.2, -0.15) is 5.10 Å². The lowest BCUT2D eigenvalue weighted by Gasteiger charge is -2.32. The fourth-order valence-corrected chi connectivity index (χ4v) is 4.19. The van der Waals surface area contributed by atoms with Crippen LogP contribution in [0.15, 0.2) is 23.6 Å². The van der Waals surface area contributed by atoms with Crippen LogP contribution in [0.25, 0.3) is 10.6 Å². The number of anilines is 1. The van der Waals surface area contributed by atoms with Crippen molar-refractivity contribution in [3.8, 4) is 10.6 Å². The standard InChI is InChI=1S/C18H21N5O3S/c24-16(11-23-17(25)3-4-18(23)26)19-12-5-7-22(8-6-12)15-10-13(20-21-15)14-2-1-9-27-14/h1-2,9-10,12H,3-8,11H2,(H,19,24)(H,20,21). The van der Waals surface area contributed by atoms with Crippen LogP contribution in [-0.4, -0.2) is 58.5 Å². The number of carbonyl (C=O) groups is 3. The van der Waals surface area contributed by atoms with Gasteiger partial charge in [-0.1, -0.05) is 6.07 Å². The molecule has 0 saturated carbocycles. The number of carbonyl (C=O) groups excluding carboxylic acids is 3. The summed E-state index contributed by atoms with van der Waals surface area (Å²) in [6.07, 6.45) is 2.02. The molecule has 2 N–H and O–H groups in total. The zero-order valence-corrected chi connectivity index (χ0v) is 15.6. The second-order valence-electron chi connectivity index (χ2n) is 6.82. The molecule has 0 spiro atoms. The molecule has 0 bridgehead atoms. The quantitative estimate of drug-likeness (QED) is 0.755. The molecule has 2 aromatic rings. The Morgan fingerprint density at radius 1 is 1.26 bits per heavy atom. The number of H-pyrrole nitrogens is 1. The average Bonchev–Trinajstić information content (AvgIpc) is 3.40. The topological polar surface area (TPSA) is 98.4 Å². The minimum Gasteiger partial charge on any atom is -0.355 e. The number of hydrogen-bond acceptors (Lipinski definition) is 6. The monoisotopic (exact) mass is 387 g/mol. The first kappa shape index (κ1) is 17.7. The van der Waals surface area contributed by atoms with E-state index in [1.54, 1.807) is 11.3 Å². The van der Waals surface area contributed by atoms with Gasteiger partial charge in [0.1, 0.15) is 6.54 Å². The molecule has 142 valence electrons. The van der Waals surface area contributed by atoms with Crippen molar-refractivity contribution >= 4 is 34.9 Å². The maximum absolute atomic E-state index is 12.2. The first-order valence-corrected chi connectivity index (χ1v) is 9.95. The molecule has 0 aliphatic carbocycles. The Balaban J connectivity index is 1.27. The summed E-state index contributed by atoms with van der Waals surface area (Å²) in [5.41, 5.74) is 1.01. The molecule has 2 aromatic heterocycles. The number of aromatic amines is 1. The molecule has 3 amide bonds. The zero-order valence-electron chi connectivity index (χ0n) is 14.8. The van der Waals surface area contributed by atoms with Gasteiger partial charge in [0.15, 0.2) is 5.82 Å². The molecule has 0 atom stereocenters. The van der Waals surface area contributed by atoms with E-state index >= 15 is 0 Å². The normalized spacial score (nSPS) is 18.4. The lowest BCUT2D eigenvalue weighted by atomic mass is 10.0. The van der Waals surface area contributed by atoms with Crippen LogP contribution in [0.5, 0.6) is 0 Å². The van der Waals surface area contributed by atoms with Crippen LogP contribution in [-0.2, 0) is 14.4 Å². The average molecular weight is 387 g/mol. The fourth-order valence-electron chi connectivity index (χ4n) is 3.50. The number of imide groups is 1. The first-order valence-electron chi connectivity index (χ1n) is 9.07. The van der Waals surface area contributed by atoms with Crippen LogP contribution in [0.2, 0.25) is 0 Å². The number of thiophene rings is 1. The Bertz CT molecular complexity index is 823. The van der Waals surface area contributed by atoms with Crippen LogP contribution in [0.1, 0.15) is 25.7 Å². The molecule has 2 aliphatic rings. The van der Waals surface area contributed by atoms with Crippen LogP contribution in [0, 0.1) is 0 Å². The predicted molar refractivity (Wildman–Crippen MR) is 101 cm³/mol. The molecule has 0 aromatic carbocycles. The molecule has 4 heterocycles. The second-order valence-corrected chi connectivity index (χ2v) is 7.77. The summed E-state index contributed by atoms with van der Waals surface area (Å²) in [5, 5.41) is 12.5. The summed E-state index contributed by atoms with van der Waals surface area (Å²) < 4.78 is 0. The Labute approximate surface area is 160 Å². The Morgan fingerprint density at radius 3 is 2.67 bits per heavy atom. The van der Waals surface area contributed by atoms with Gasteiger partial charge >= 0.3 is 0 Å². The molecular formula is C18H21N5O3S. The van der Waals surface area contributed by atoms with Crippen molar-refractivity contribution in [2.75, 3.05) is 24.5 Å². The van der Waals surface area contributed by atoms with Gasteiger partial charge in [-0.05, 0) is 24.3 Å². The third-order valence-corrected chi connectivity index (χ3v) is 5.89. The number of likely N-dealkylation sites (tertiary alicyclic amines) is 1. The SMILES string of the molecule is O=C(CN1C(=O)CCC1=O)NC1CCN(c2cc(-c3cccs3)[nH]n2)CC1. The number of rotatable bonds is 5. The molecule has 2 aliphatic heterocycles. The molecule has 0 unspecified atom stereocenters. The van der Waals surface area contributed by atoms with Crippen molar-refractivity contribution in [3.63, 3.8) is 0 Å². The van der Waals surface area contributed by atoms with Gasteiger partial charge in [-0.15, -0.1) is 11.3 Å². The van der Waals surface area contributed by atoms with Gasteiger partial charge < -0.3 is 10.2 Å². The summed E-state index contributed by atoms with van der Waals surface area (Å²) >= 11 is 1.67. The van der Waals surface area contributed by atoms with Gasteiger partial charge in [-0.3, -0.25) is 24.4 Å². The first-order chi connectivity index (χ1) is 13.1. The molecular weight excluding hydrogens is 366 g/mol. The molecule has 2 saturated heterocycles. The molecule has 2 fully saturated rings. The van der Waals surface area contributed by atoms with Crippen molar-refractivity contribution in [2.24, 2.45) is 0 Å². The highest BCUT2D eigenvalue weighted by Crippen LogP contribution is 2.27. The zero-order chi connectivity index (χ0) is 18.8. The smallest absolute Gasteiger partial charge is 0.240 e. The Morgan fingerprint density at radius 2 is 2.00 bits per heavy atom. The van der Waals surface area contributed by atoms with E-state index in [4.69, 9.17) is 0 Å². The highest BCUT2D eigenvalue weighted by Gasteiger charge is 2.31. The second kappa shape index (κ2) is 7.51. The third kappa shape index (κ3) is 3.87. The van der Waals surface area contributed by atoms with Crippen molar-refractivity contribution in [1.82, 2.24) is 20.4 Å². The highest BCUT2D eigenvalue weighted by molar-refractivity contribution is 7.13. The number of nitrogens with one attached hydrogen (secondary N) is 2. The number of amides is 3. The number of nitrogens with zero attached hydrogens (tertiary/aromatic N) is 3. The minimum absolute atomic E-state index is 0.0530. The van der Waals surface area contributed by atoms with Crippen LogP contribution in [0.3, 0.4) is 0 Å². The minimum atomic E-state index is -0.267. The molecule has 8 nitrogen and oxygen atoms in total. The molecule has 0 radical (unpaired) electrons. The van der Waals surface area contributed by atoms with Gasteiger partial charge in [0.05, 0.1) is 10.6 Å². The molecule has 4 rings (SSSR count). The summed E-state index contributed by atoms with van der Waals surface area (Å²) in [7, 11) is 0. The van der Waals surface area contributed by atoms with Crippen LogP contribution in [0.4, 0.5) is 5.82 Å². The van der Waals surface area contributed by atoms with E-state index in [9.17, 15) is 14.4 Å². The summed E-state index contributed by atoms with van der Waals surface area (Å²) in [6.45, 7) is 1.42.